The first kappa shape index (κ1) is 10.4. The molecule has 6 nitrogen and oxygen atoms in total. The second-order valence-electron chi connectivity index (χ2n) is 3.47. The summed E-state index contributed by atoms with van der Waals surface area (Å²) in [5, 5.41) is 13.7. The number of rotatable bonds is 4. The molecule has 16 heavy (non-hydrogen) atoms. The van der Waals surface area contributed by atoms with Crippen molar-refractivity contribution >= 4 is 22.7 Å². The maximum absolute atomic E-state index is 10.6. The number of H-pyrrole nitrogens is 1. The van der Waals surface area contributed by atoms with Crippen molar-refractivity contribution in [2.75, 3.05) is 11.9 Å². The molecule has 1 aromatic carbocycles. The van der Waals surface area contributed by atoms with E-state index in [-0.39, 0.29) is 5.69 Å². The molecule has 2 aromatic rings. The number of imidazole rings is 1. The number of benzene rings is 1. The zero-order chi connectivity index (χ0) is 11.5. The summed E-state index contributed by atoms with van der Waals surface area (Å²) in [4.78, 5) is 17.4. The van der Waals surface area contributed by atoms with Crippen molar-refractivity contribution in [1.82, 2.24) is 9.97 Å². The topological polar surface area (TPSA) is 83.8 Å². The second kappa shape index (κ2) is 4.18. The third kappa shape index (κ3) is 1.95. The molecule has 0 atom stereocenters. The molecule has 0 aliphatic carbocycles. The first-order valence-electron chi connectivity index (χ1n) is 5.08. The zero-order valence-electron chi connectivity index (χ0n) is 8.86. The van der Waals surface area contributed by atoms with E-state index in [1.54, 1.807) is 6.07 Å². The molecule has 0 spiro atoms. The van der Waals surface area contributed by atoms with E-state index in [0.717, 1.165) is 18.5 Å². The molecule has 0 unspecified atom stereocenters. The monoisotopic (exact) mass is 220 g/mol. The number of aromatic amines is 1. The van der Waals surface area contributed by atoms with Crippen LogP contribution in [0.2, 0.25) is 0 Å². The molecule has 84 valence electrons. The SMILES string of the molecule is CCCNc1nc2ccc([N+](=O)[O-])cc2[nH]1. The van der Waals surface area contributed by atoms with Crippen LogP contribution in [0.25, 0.3) is 11.0 Å². The molecule has 0 aliphatic rings. The van der Waals surface area contributed by atoms with Gasteiger partial charge in [-0.3, -0.25) is 10.1 Å². The van der Waals surface area contributed by atoms with E-state index < -0.39 is 4.92 Å². The number of fused-ring (bicyclic) bond motifs is 1. The molecule has 0 saturated carbocycles. The molecule has 0 aliphatic heterocycles. The van der Waals surface area contributed by atoms with Crippen LogP contribution in [0, 0.1) is 10.1 Å². The fourth-order valence-electron chi connectivity index (χ4n) is 1.44. The number of hydrogen-bond donors (Lipinski definition) is 2. The largest absolute Gasteiger partial charge is 0.356 e. The lowest BCUT2D eigenvalue weighted by atomic mass is 10.3. The number of aromatic nitrogens is 2. The van der Waals surface area contributed by atoms with Crippen LogP contribution in [-0.2, 0) is 0 Å². The highest BCUT2D eigenvalue weighted by atomic mass is 16.6. The van der Waals surface area contributed by atoms with Crippen LogP contribution < -0.4 is 5.32 Å². The number of nitrogens with zero attached hydrogens (tertiary/aromatic N) is 2. The summed E-state index contributed by atoms with van der Waals surface area (Å²) in [6.07, 6.45) is 0.997. The van der Waals surface area contributed by atoms with Gasteiger partial charge in [0.05, 0.1) is 16.0 Å². The Morgan fingerprint density at radius 1 is 1.56 bits per heavy atom. The van der Waals surface area contributed by atoms with E-state index in [1.165, 1.54) is 12.1 Å². The molecule has 0 amide bonds. The van der Waals surface area contributed by atoms with Gasteiger partial charge in [-0.1, -0.05) is 6.92 Å². The molecule has 2 rings (SSSR count). The van der Waals surface area contributed by atoms with Crippen molar-refractivity contribution in [2.45, 2.75) is 13.3 Å². The Labute approximate surface area is 91.8 Å². The zero-order valence-corrected chi connectivity index (χ0v) is 8.86. The Morgan fingerprint density at radius 3 is 3.06 bits per heavy atom. The minimum atomic E-state index is -0.417. The van der Waals surface area contributed by atoms with Gasteiger partial charge in [0, 0.05) is 18.7 Å². The van der Waals surface area contributed by atoms with E-state index in [9.17, 15) is 10.1 Å². The highest BCUT2D eigenvalue weighted by molar-refractivity contribution is 5.79. The number of non-ortho nitro benzene ring substituents is 1. The van der Waals surface area contributed by atoms with Gasteiger partial charge in [-0.2, -0.15) is 0 Å². The first-order valence-corrected chi connectivity index (χ1v) is 5.08. The fraction of sp³-hybridized carbons (Fsp3) is 0.300. The predicted molar refractivity (Wildman–Crippen MR) is 61.5 cm³/mol. The molecule has 0 bridgehead atoms. The lowest BCUT2D eigenvalue weighted by molar-refractivity contribution is -0.384. The molecule has 2 N–H and O–H groups in total. The Bertz CT molecular complexity index is 521. The van der Waals surface area contributed by atoms with Gasteiger partial charge < -0.3 is 10.3 Å². The molecular formula is C10H12N4O2. The average molecular weight is 220 g/mol. The third-order valence-electron chi connectivity index (χ3n) is 2.22. The van der Waals surface area contributed by atoms with Gasteiger partial charge in [0.25, 0.3) is 5.69 Å². The molecule has 1 heterocycles. The van der Waals surface area contributed by atoms with Crippen molar-refractivity contribution in [2.24, 2.45) is 0 Å². The van der Waals surface area contributed by atoms with E-state index in [0.29, 0.717) is 11.5 Å². The third-order valence-corrected chi connectivity index (χ3v) is 2.22. The highest BCUT2D eigenvalue weighted by Gasteiger charge is 2.08. The van der Waals surface area contributed by atoms with Gasteiger partial charge in [-0.05, 0) is 12.5 Å². The van der Waals surface area contributed by atoms with Crippen LogP contribution in [0.3, 0.4) is 0 Å². The van der Waals surface area contributed by atoms with E-state index in [2.05, 4.69) is 22.2 Å². The molecule has 0 fully saturated rings. The quantitative estimate of drug-likeness (QED) is 0.611. The molecule has 6 heteroatoms. The highest BCUT2D eigenvalue weighted by Crippen LogP contribution is 2.20. The summed E-state index contributed by atoms with van der Waals surface area (Å²) in [6, 6.07) is 4.58. The summed E-state index contributed by atoms with van der Waals surface area (Å²) < 4.78 is 0. The maximum Gasteiger partial charge on any atom is 0.271 e. The Balaban J connectivity index is 2.34. The lowest BCUT2D eigenvalue weighted by Gasteiger charge is -1.96. The number of nitro groups is 1. The summed E-state index contributed by atoms with van der Waals surface area (Å²) in [7, 11) is 0. The minimum absolute atomic E-state index is 0.0678. The van der Waals surface area contributed by atoms with Crippen LogP contribution in [-0.4, -0.2) is 21.4 Å². The van der Waals surface area contributed by atoms with Crippen molar-refractivity contribution in [3.05, 3.63) is 28.3 Å². The molecular weight excluding hydrogens is 208 g/mol. The van der Waals surface area contributed by atoms with E-state index in [4.69, 9.17) is 0 Å². The molecule has 0 radical (unpaired) electrons. The van der Waals surface area contributed by atoms with Gasteiger partial charge in [0.1, 0.15) is 0 Å². The average Bonchev–Trinajstić information content (AvgIpc) is 2.67. The van der Waals surface area contributed by atoms with E-state index in [1.807, 2.05) is 0 Å². The Morgan fingerprint density at radius 2 is 2.38 bits per heavy atom. The van der Waals surface area contributed by atoms with Crippen LogP contribution in [0.5, 0.6) is 0 Å². The summed E-state index contributed by atoms with van der Waals surface area (Å²) >= 11 is 0. The summed E-state index contributed by atoms with van der Waals surface area (Å²) in [5.74, 6) is 0.650. The number of hydrogen-bond acceptors (Lipinski definition) is 4. The van der Waals surface area contributed by atoms with Crippen molar-refractivity contribution in [1.29, 1.82) is 0 Å². The normalized spacial score (nSPS) is 10.6. The second-order valence-corrected chi connectivity index (χ2v) is 3.47. The molecule has 1 aromatic heterocycles. The van der Waals surface area contributed by atoms with Crippen molar-refractivity contribution < 1.29 is 4.92 Å². The van der Waals surface area contributed by atoms with Gasteiger partial charge >= 0.3 is 0 Å². The number of nitrogens with one attached hydrogen (secondary N) is 2. The standard InChI is InChI=1S/C10H12N4O2/c1-2-5-11-10-12-8-4-3-7(14(15)16)6-9(8)13-10/h3-4,6H,2,5H2,1H3,(H2,11,12,13). The summed E-state index contributed by atoms with van der Waals surface area (Å²) in [5.41, 5.74) is 1.47. The Kier molecular flexibility index (Phi) is 2.72. The fourth-order valence-corrected chi connectivity index (χ4v) is 1.44. The van der Waals surface area contributed by atoms with Crippen molar-refractivity contribution in [3.8, 4) is 0 Å². The maximum atomic E-state index is 10.6. The smallest absolute Gasteiger partial charge is 0.271 e. The summed E-state index contributed by atoms with van der Waals surface area (Å²) in [6.45, 7) is 2.88. The van der Waals surface area contributed by atoms with Gasteiger partial charge in [-0.15, -0.1) is 0 Å². The first-order chi connectivity index (χ1) is 7.70. The van der Waals surface area contributed by atoms with Gasteiger partial charge in [0.15, 0.2) is 0 Å². The lowest BCUT2D eigenvalue weighted by Crippen LogP contribution is -2.00. The minimum Gasteiger partial charge on any atom is -0.356 e. The van der Waals surface area contributed by atoms with E-state index >= 15 is 0 Å². The number of anilines is 1. The van der Waals surface area contributed by atoms with Crippen LogP contribution in [0.15, 0.2) is 18.2 Å². The van der Waals surface area contributed by atoms with Crippen LogP contribution in [0.1, 0.15) is 13.3 Å². The number of nitro benzene ring substituents is 1. The predicted octanol–water partition coefficient (Wildman–Crippen LogP) is 2.29. The van der Waals surface area contributed by atoms with Gasteiger partial charge in [0.2, 0.25) is 5.95 Å². The van der Waals surface area contributed by atoms with Gasteiger partial charge in [-0.25, -0.2) is 4.98 Å². The molecule has 0 saturated heterocycles. The van der Waals surface area contributed by atoms with Crippen LogP contribution in [0.4, 0.5) is 11.6 Å². The van der Waals surface area contributed by atoms with Crippen LogP contribution >= 0.6 is 0 Å². The van der Waals surface area contributed by atoms with Crippen molar-refractivity contribution in [3.63, 3.8) is 0 Å². The Hall–Kier alpha value is -2.11.